The molecule has 35 heavy (non-hydrogen) atoms. The Morgan fingerprint density at radius 2 is 1.89 bits per heavy atom. The summed E-state index contributed by atoms with van der Waals surface area (Å²) in [5, 5.41) is 6.86. The van der Waals surface area contributed by atoms with Gasteiger partial charge < -0.3 is 24.8 Å². The van der Waals surface area contributed by atoms with Crippen molar-refractivity contribution in [3.8, 4) is 0 Å². The average Bonchev–Trinajstić information content (AvgIpc) is 2.85. The Morgan fingerprint density at radius 1 is 1.11 bits per heavy atom. The summed E-state index contributed by atoms with van der Waals surface area (Å²) in [6, 6.07) is 7.17. The highest BCUT2D eigenvalue weighted by Crippen LogP contribution is 2.27. The van der Waals surface area contributed by atoms with E-state index in [0.717, 1.165) is 84.3 Å². The van der Waals surface area contributed by atoms with Crippen molar-refractivity contribution in [2.45, 2.75) is 90.9 Å². The van der Waals surface area contributed by atoms with E-state index >= 15 is 0 Å². The minimum Gasteiger partial charge on any atom is -0.385 e. The van der Waals surface area contributed by atoms with Gasteiger partial charge in [-0.2, -0.15) is 0 Å². The normalized spacial score (nSPS) is 21.7. The monoisotopic (exact) mass is 488 g/mol. The second kappa shape index (κ2) is 14.3. The number of carbonyl (C=O) groups is 1. The predicted molar refractivity (Wildman–Crippen MR) is 141 cm³/mol. The van der Waals surface area contributed by atoms with Crippen LogP contribution in [0.4, 0.5) is 0 Å². The fraction of sp³-hybridized carbons (Fsp3) is 0.759. The van der Waals surface area contributed by atoms with Gasteiger partial charge in [0.2, 0.25) is 5.91 Å². The smallest absolute Gasteiger partial charge is 0.225 e. The molecule has 198 valence electrons. The summed E-state index contributed by atoms with van der Waals surface area (Å²) in [6.07, 6.45) is 8.58. The summed E-state index contributed by atoms with van der Waals surface area (Å²) in [5.74, 6) is 0.719. The van der Waals surface area contributed by atoms with Crippen molar-refractivity contribution in [3.05, 3.63) is 34.9 Å². The summed E-state index contributed by atoms with van der Waals surface area (Å²) in [4.78, 5) is 12.9. The number of ether oxygens (including phenoxy) is 3. The van der Waals surface area contributed by atoms with Gasteiger partial charge in [0.15, 0.2) is 0 Å². The zero-order chi connectivity index (χ0) is 25.1. The molecule has 6 heteroatoms. The molecule has 2 N–H and O–H groups in total. The molecule has 1 amide bonds. The minimum atomic E-state index is -0.377. The SMILES string of the molecule is COCCCCc1cc(C)cc(CO[C@@H]2CC[C@@H](CC(C)(C)C(=O)NCC3CCOCC3)NC2)c1. The number of carbonyl (C=O) groups excluding carboxylic acids is 1. The zero-order valence-electron chi connectivity index (χ0n) is 22.5. The highest BCUT2D eigenvalue weighted by Gasteiger charge is 2.33. The summed E-state index contributed by atoms with van der Waals surface area (Å²) in [7, 11) is 1.76. The van der Waals surface area contributed by atoms with Gasteiger partial charge in [-0.3, -0.25) is 4.79 Å². The molecular formula is C29H48N2O4. The molecule has 0 radical (unpaired) electrons. The van der Waals surface area contributed by atoms with Crippen LogP contribution in [0.25, 0.3) is 0 Å². The van der Waals surface area contributed by atoms with Crippen LogP contribution in [0.15, 0.2) is 18.2 Å². The second-order valence-corrected chi connectivity index (χ2v) is 11.2. The van der Waals surface area contributed by atoms with Gasteiger partial charge >= 0.3 is 0 Å². The molecule has 2 heterocycles. The van der Waals surface area contributed by atoms with Crippen LogP contribution in [0.5, 0.6) is 0 Å². The second-order valence-electron chi connectivity index (χ2n) is 11.2. The quantitative estimate of drug-likeness (QED) is 0.399. The number of hydrogen-bond acceptors (Lipinski definition) is 5. The van der Waals surface area contributed by atoms with Gasteiger partial charge in [0.25, 0.3) is 0 Å². The summed E-state index contributed by atoms with van der Waals surface area (Å²) in [6.45, 7) is 11.0. The van der Waals surface area contributed by atoms with Crippen LogP contribution in [0.2, 0.25) is 0 Å². The van der Waals surface area contributed by atoms with Crippen LogP contribution in [-0.4, -0.2) is 58.1 Å². The van der Waals surface area contributed by atoms with Crippen molar-refractivity contribution >= 4 is 5.91 Å². The molecule has 1 aromatic rings. The van der Waals surface area contributed by atoms with Gasteiger partial charge in [-0.15, -0.1) is 0 Å². The standard InChI is InChI=1S/C29H48N2O4/c1-22-15-24(7-5-6-12-33-4)17-25(16-22)21-35-27-9-8-26(30-20-27)18-29(2,3)28(32)31-19-23-10-13-34-14-11-23/h15-17,23,26-27,30H,5-14,18-21H2,1-4H3,(H,31,32)/t26-,27+/m0/s1. The molecule has 0 spiro atoms. The molecule has 1 aromatic carbocycles. The Labute approximate surface area is 212 Å². The summed E-state index contributed by atoms with van der Waals surface area (Å²) in [5.41, 5.74) is 3.57. The molecule has 2 saturated heterocycles. The Balaban J connectivity index is 1.37. The number of nitrogens with one attached hydrogen (secondary N) is 2. The average molecular weight is 489 g/mol. The van der Waals surface area contributed by atoms with Crippen LogP contribution in [0.3, 0.4) is 0 Å². The van der Waals surface area contributed by atoms with Crippen molar-refractivity contribution in [1.29, 1.82) is 0 Å². The van der Waals surface area contributed by atoms with Gasteiger partial charge in [-0.05, 0) is 75.3 Å². The maximum Gasteiger partial charge on any atom is 0.225 e. The highest BCUT2D eigenvalue weighted by atomic mass is 16.5. The van der Waals surface area contributed by atoms with Gasteiger partial charge in [-0.1, -0.05) is 37.6 Å². The first-order valence-electron chi connectivity index (χ1n) is 13.6. The van der Waals surface area contributed by atoms with Crippen molar-refractivity contribution in [2.75, 3.05) is 40.0 Å². The van der Waals surface area contributed by atoms with Crippen molar-refractivity contribution < 1.29 is 19.0 Å². The van der Waals surface area contributed by atoms with Crippen LogP contribution >= 0.6 is 0 Å². The van der Waals surface area contributed by atoms with E-state index in [-0.39, 0.29) is 17.4 Å². The molecule has 0 aromatic heterocycles. The first kappa shape index (κ1) is 28.1. The van der Waals surface area contributed by atoms with Gasteiger partial charge in [0, 0.05) is 51.5 Å². The fourth-order valence-electron chi connectivity index (χ4n) is 5.31. The molecule has 3 rings (SSSR count). The van der Waals surface area contributed by atoms with Crippen molar-refractivity contribution in [2.24, 2.45) is 11.3 Å². The van der Waals surface area contributed by atoms with Gasteiger partial charge in [0.1, 0.15) is 0 Å². The van der Waals surface area contributed by atoms with E-state index < -0.39 is 0 Å². The summed E-state index contributed by atoms with van der Waals surface area (Å²) >= 11 is 0. The summed E-state index contributed by atoms with van der Waals surface area (Å²) < 4.78 is 16.9. The van der Waals surface area contributed by atoms with E-state index in [2.05, 4.69) is 49.6 Å². The Hall–Kier alpha value is -1.47. The highest BCUT2D eigenvalue weighted by molar-refractivity contribution is 5.81. The molecule has 0 aliphatic carbocycles. The van der Waals surface area contributed by atoms with Crippen molar-refractivity contribution in [1.82, 2.24) is 10.6 Å². The van der Waals surface area contributed by atoms with E-state index in [0.29, 0.717) is 18.6 Å². The van der Waals surface area contributed by atoms with E-state index in [1.54, 1.807) is 7.11 Å². The molecule has 0 saturated carbocycles. The van der Waals surface area contributed by atoms with Crippen LogP contribution < -0.4 is 10.6 Å². The van der Waals surface area contributed by atoms with E-state index in [1.165, 1.54) is 16.7 Å². The van der Waals surface area contributed by atoms with Crippen molar-refractivity contribution in [3.63, 3.8) is 0 Å². The Bertz CT molecular complexity index is 768. The molecule has 2 atom stereocenters. The lowest BCUT2D eigenvalue weighted by Crippen LogP contribution is -2.48. The predicted octanol–water partition coefficient (Wildman–Crippen LogP) is 4.56. The Kier molecular flexibility index (Phi) is 11.5. The number of amides is 1. The lowest BCUT2D eigenvalue weighted by atomic mass is 9.82. The third-order valence-corrected chi connectivity index (χ3v) is 7.48. The van der Waals surface area contributed by atoms with E-state index in [4.69, 9.17) is 14.2 Å². The first-order chi connectivity index (χ1) is 16.9. The lowest BCUT2D eigenvalue weighted by molar-refractivity contribution is -0.130. The van der Waals surface area contributed by atoms with E-state index in [1.807, 2.05) is 0 Å². The number of benzene rings is 1. The Morgan fingerprint density at radius 3 is 2.60 bits per heavy atom. The maximum atomic E-state index is 12.9. The third kappa shape index (κ3) is 9.83. The molecule has 0 unspecified atom stereocenters. The number of rotatable bonds is 13. The molecular weight excluding hydrogens is 440 g/mol. The van der Waals surface area contributed by atoms with Gasteiger partial charge in [0.05, 0.1) is 12.7 Å². The third-order valence-electron chi connectivity index (χ3n) is 7.48. The first-order valence-corrected chi connectivity index (χ1v) is 13.6. The lowest BCUT2D eigenvalue weighted by Gasteiger charge is -2.35. The largest absolute Gasteiger partial charge is 0.385 e. The number of aryl methyl sites for hydroxylation is 2. The topological polar surface area (TPSA) is 68.8 Å². The zero-order valence-corrected chi connectivity index (χ0v) is 22.5. The van der Waals surface area contributed by atoms with E-state index in [9.17, 15) is 4.79 Å². The maximum absolute atomic E-state index is 12.9. The van der Waals surface area contributed by atoms with Crippen LogP contribution in [0, 0.1) is 18.3 Å². The van der Waals surface area contributed by atoms with Crippen LogP contribution in [0.1, 0.15) is 75.5 Å². The number of hydrogen-bond donors (Lipinski definition) is 2. The molecule has 2 aliphatic rings. The number of piperidine rings is 1. The number of methoxy groups -OCH3 is 1. The van der Waals surface area contributed by atoms with Gasteiger partial charge in [-0.25, -0.2) is 0 Å². The molecule has 2 aliphatic heterocycles. The number of unbranched alkanes of at least 4 members (excludes halogenated alkanes) is 1. The minimum absolute atomic E-state index is 0.168. The van der Waals surface area contributed by atoms with Crippen LogP contribution in [-0.2, 0) is 32.0 Å². The molecule has 6 nitrogen and oxygen atoms in total. The fourth-order valence-corrected chi connectivity index (χ4v) is 5.31. The molecule has 2 fully saturated rings. The molecule has 0 bridgehead atoms.